The second kappa shape index (κ2) is 6.75. The van der Waals surface area contributed by atoms with Gasteiger partial charge in [-0.25, -0.2) is 17.9 Å². The molecule has 0 spiro atoms. The molecular formula is C13H18N4O4S. The van der Waals surface area contributed by atoms with E-state index in [1.54, 1.807) is 18.2 Å². The van der Waals surface area contributed by atoms with Gasteiger partial charge in [0.05, 0.1) is 4.90 Å². The van der Waals surface area contributed by atoms with E-state index in [2.05, 4.69) is 5.32 Å². The Morgan fingerprint density at radius 1 is 1.32 bits per heavy atom. The molecule has 8 nitrogen and oxygen atoms in total. The molecule has 0 aromatic heterocycles. The predicted octanol–water partition coefficient (Wildman–Crippen LogP) is -0.766. The summed E-state index contributed by atoms with van der Waals surface area (Å²) in [7, 11) is -3.90. The lowest BCUT2D eigenvalue weighted by Crippen LogP contribution is -2.56. The van der Waals surface area contributed by atoms with Crippen molar-refractivity contribution in [3.63, 3.8) is 0 Å². The highest BCUT2D eigenvalue weighted by molar-refractivity contribution is 7.90. The van der Waals surface area contributed by atoms with Gasteiger partial charge in [-0.1, -0.05) is 18.2 Å². The van der Waals surface area contributed by atoms with Crippen LogP contribution in [0.3, 0.4) is 0 Å². The largest absolute Gasteiger partial charge is 0.370 e. The molecular weight excluding hydrogens is 308 g/mol. The molecule has 22 heavy (non-hydrogen) atoms. The first kappa shape index (κ1) is 16.2. The minimum absolute atomic E-state index is 0.0205. The summed E-state index contributed by atoms with van der Waals surface area (Å²) >= 11 is 0. The van der Waals surface area contributed by atoms with Crippen LogP contribution in [0.2, 0.25) is 0 Å². The fourth-order valence-electron chi connectivity index (χ4n) is 2.23. The third-order valence-corrected chi connectivity index (χ3v) is 4.60. The molecule has 0 saturated carbocycles. The summed E-state index contributed by atoms with van der Waals surface area (Å²) in [5.41, 5.74) is 5.13. The minimum atomic E-state index is -3.90. The number of sulfonamides is 1. The number of carbonyl (C=O) groups is 2. The van der Waals surface area contributed by atoms with Crippen molar-refractivity contribution in [3.05, 3.63) is 30.3 Å². The van der Waals surface area contributed by atoms with Crippen molar-refractivity contribution in [3.8, 4) is 0 Å². The second-order valence-electron chi connectivity index (χ2n) is 4.99. The molecule has 3 amide bonds. The maximum atomic E-state index is 12.1. The first-order valence-electron chi connectivity index (χ1n) is 6.77. The van der Waals surface area contributed by atoms with E-state index in [-0.39, 0.29) is 23.9 Å². The van der Waals surface area contributed by atoms with Gasteiger partial charge >= 0.3 is 6.03 Å². The molecule has 1 aromatic carbocycles. The van der Waals surface area contributed by atoms with Gasteiger partial charge in [-0.3, -0.25) is 4.79 Å². The van der Waals surface area contributed by atoms with Crippen LogP contribution in [0.25, 0.3) is 0 Å². The van der Waals surface area contributed by atoms with Crippen LogP contribution in [0.1, 0.15) is 6.42 Å². The van der Waals surface area contributed by atoms with Crippen LogP contribution in [-0.4, -0.2) is 50.9 Å². The highest BCUT2D eigenvalue weighted by atomic mass is 32.2. The van der Waals surface area contributed by atoms with Crippen molar-refractivity contribution in [2.45, 2.75) is 17.4 Å². The number of nitrogens with one attached hydrogen (secondary N) is 2. The first-order valence-corrected chi connectivity index (χ1v) is 8.25. The quantitative estimate of drug-likeness (QED) is 0.671. The zero-order valence-corrected chi connectivity index (χ0v) is 12.7. The Labute approximate surface area is 128 Å². The van der Waals surface area contributed by atoms with Crippen LogP contribution in [0, 0.1) is 0 Å². The summed E-state index contributed by atoms with van der Waals surface area (Å²) in [5, 5.41) is 3.06. The lowest BCUT2D eigenvalue weighted by Gasteiger charge is -2.33. The molecule has 1 saturated heterocycles. The van der Waals surface area contributed by atoms with Crippen molar-refractivity contribution in [1.82, 2.24) is 14.9 Å². The van der Waals surface area contributed by atoms with E-state index in [0.29, 0.717) is 13.1 Å². The Bertz CT molecular complexity index is 647. The van der Waals surface area contributed by atoms with E-state index < -0.39 is 22.0 Å². The number of benzene rings is 1. The van der Waals surface area contributed by atoms with Crippen LogP contribution in [-0.2, 0) is 14.8 Å². The number of hydrogen-bond acceptors (Lipinski definition) is 5. The third kappa shape index (κ3) is 4.18. The Morgan fingerprint density at radius 2 is 2.00 bits per heavy atom. The number of carbonyl (C=O) groups excluding carboxylic acids is 2. The molecule has 1 unspecified atom stereocenters. The zero-order valence-electron chi connectivity index (χ0n) is 11.9. The fourth-order valence-corrected chi connectivity index (χ4v) is 3.22. The monoisotopic (exact) mass is 326 g/mol. The van der Waals surface area contributed by atoms with E-state index in [1.165, 1.54) is 17.0 Å². The van der Waals surface area contributed by atoms with Crippen molar-refractivity contribution in [2.75, 3.05) is 19.6 Å². The highest BCUT2D eigenvalue weighted by Gasteiger charge is 2.27. The van der Waals surface area contributed by atoms with Gasteiger partial charge in [-0.2, -0.15) is 0 Å². The summed E-state index contributed by atoms with van der Waals surface area (Å²) in [6.07, 6.45) is 0.0925. The maximum Gasteiger partial charge on any atom is 0.331 e. The van der Waals surface area contributed by atoms with E-state index in [1.807, 2.05) is 4.72 Å². The Hall–Kier alpha value is -2.13. The standard InChI is InChI=1S/C13H18N4O4S/c14-12(18)8-10-9-17(7-6-15-10)13(19)16-22(20,21)11-4-2-1-3-5-11/h1-5,10,15H,6-9H2,(H2,14,18)(H,16,19). The molecule has 1 atom stereocenters. The summed E-state index contributed by atoms with van der Waals surface area (Å²) in [6, 6.07) is 6.67. The number of piperazine rings is 1. The molecule has 1 heterocycles. The normalized spacial score (nSPS) is 18.7. The molecule has 120 valence electrons. The van der Waals surface area contributed by atoms with E-state index in [0.717, 1.165) is 0 Å². The smallest absolute Gasteiger partial charge is 0.331 e. The molecule has 1 aliphatic rings. The minimum Gasteiger partial charge on any atom is -0.370 e. The summed E-state index contributed by atoms with van der Waals surface area (Å²) < 4.78 is 26.2. The van der Waals surface area contributed by atoms with E-state index in [4.69, 9.17) is 5.73 Å². The van der Waals surface area contributed by atoms with Crippen molar-refractivity contribution in [1.29, 1.82) is 0 Å². The summed E-state index contributed by atoms with van der Waals surface area (Å²) in [6.45, 7) is 1.04. The van der Waals surface area contributed by atoms with Crippen LogP contribution in [0.4, 0.5) is 4.79 Å². The Kier molecular flexibility index (Phi) is 4.99. The molecule has 1 fully saturated rings. The van der Waals surface area contributed by atoms with Crippen molar-refractivity contribution in [2.24, 2.45) is 5.73 Å². The number of hydrogen-bond donors (Lipinski definition) is 3. The van der Waals surface area contributed by atoms with Crippen LogP contribution in [0.15, 0.2) is 35.2 Å². The maximum absolute atomic E-state index is 12.1. The van der Waals surface area contributed by atoms with Crippen LogP contribution in [0.5, 0.6) is 0 Å². The van der Waals surface area contributed by atoms with Gasteiger partial charge in [0.2, 0.25) is 5.91 Å². The van der Waals surface area contributed by atoms with Crippen LogP contribution >= 0.6 is 0 Å². The van der Waals surface area contributed by atoms with Crippen molar-refractivity contribution >= 4 is 22.0 Å². The summed E-state index contributed by atoms with van der Waals surface area (Å²) in [4.78, 5) is 24.4. The summed E-state index contributed by atoms with van der Waals surface area (Å²) in [5.74, 6) is -0.475. The first-order chi connectivity index (χ1) is 10.4. The number of amides is 3. The number of rotatable bonds is 4. The highest BCUT2D eigenvalue weighted by Crippen LogP contribution is 2.09. The van der Waals surface area contributed by atoms with Gasteiger partial charge in [0, 0.05) is 32.1 Å². The molecule has 0 aliphatic carbocycles. The molecule has 0 bridgehead atoms. The molecule has 1 aromatic rings. The third-order valence-electron chi connectivity index (χ3n) is 3.27. The SMILES string of the molecule is NC(=O)CC1CN(C(=O)NS(=O)(=O)c2ccccc2)CCN1. The lowest BCUT2D eigenvalue weighted by atomic mass is 10.1. The topological polar surface area (TPSA) is 122 Å². The average molecular weight is 326 g/mol. The van der Waals surface area contributed by atoms with Gasteiger partial charge in [0.1, 0.15) is 0 Å². The number of nitrogens with two attached hydrogens (primary N) is 1. The molecule has 4 N–H and O–H groups in total. The van der Waals surface area contributed by atoms with E-state index in [9.17, 15) is 18.0 Å². The predicted molar refractivity (Wildman–Crippen MR) is 79.3 cm³/mol. The van der Waals surface area contributed by atoms with Gasteiger partial charge in [-0.05, 0) is 12.1 Å². The average Bonchev–Trinajstić information content (AvgIpc) is 2.47. The molecule has 9 heteroatoms. The Balaban J connectivity index is 2.01. The fraction of sp³-hybridized carbons (Fsp3) is 0.385. The van der Waals surface area contributed by atoms with Crippen LogP contribution < -0.4 is 15.8 Å². The lowest BCUT2D eigenvalue weighted by molar-refractivity contribution is -0.118. The zero-order chi connectivity index (χ0) is 16.2. The molecule has 2 rings (SSSR count). The molecule has 1 aliphatic heterocycles. The second-order valence-corrected chi connectivity index (χ2v) is 6.67. The van der Waals surface area contributed by atoms with Gasteiger partial charge in [0.25, 0.3) is 10.0 Å². The molecule has 0 radical (unpaired) electrons. The van der Waals surface area contributed by atoms with Gasteiger partial charge in [0.15, 0.2) is 0 Å². The number of primary amides is 1. The van der Waals surface area contributed by atoms with Gasteiger partial charge in [-0.15, -0.1) is 0 Å². The van der Waals surface area contributed by atoms with Crippen molar-refractivity contribution < 1.29 is 18.0 Å². The van der Waals surface area contributed by atoms with Gasteiger partial charge < -0.3 is 16.0 Å². The number of nitrogens with zero attached hydrogens (tertiary/aromatic N) is 1. The number of urea groups is 1. The van der Waals surface area contributed by atoms with E-state index >= 15 is 0 Å². The Morgan fingerprint density at radius 3 is 2.64 bits per heavy atom.